The van der Waals surface area contributed by atoms with Gasteiger partial charge in [-0.25, -0.2) is 0 Å². The number of nitrogens with two attached hydrogens (primary N) is 1. The first-order valence-corrected chi connectivity index (χ1v) is 5.67. The highest BCUT2D eigenvalue weighted by atomic mass is 15.3. The molecule has 3 rings (SSSR count). The lowest BCUT2D eigenvalue weighted by atomic mass is 9.99. The molecular weight excluding hydrogens is 224 g/mol. The van der Waals surface area contributed by atoms with Gasteiger partial charge < -0.3 is 5.73 Å². The molecule has 0 aliphatic rings. The molecule has 18 heavy (non-hydrogen) atoms. The van der Waals surface area contributed by atoms with Gasteiger partial charge in [0.1, 0.15) is 0 Å². The van der Waals surface area contributed by atoms with Crippen LogP contribution in [0.5, 0.6) is 0 Å². The Morgan fingerprint density at radius 2 is 1.50 bits per heavy atom. The van der Waals surface area contributed by atoms with Crippen LogP contribution in [-0.4, -0.2) is 15.2 Å². The molecule has 0 saturated carbocycles. The number of nitrogens with zero attached hydrogens (tertiary/aromatic N) is 2. The quantitative estimate of drug-likeness (QED) is 0.718. The van der Waals surface area contributed by atoms with E-state index < -0.39 is 0 Å². The van der Waals surface area contributed by atoms with Crippen LogP contribution in [0.3, 0.4) is 0 Å². The van der Waals surface area contributed by atoms with Gasteiger partial charge in [0.25, 0.3) is 0 Å². The Morgan fingerprint density at radius 1 is 0.833 bits per heavy atom. The predicted molar refractivity (Wildman–Crippen MR) is 71.7 cm³/mol. The molecule has 0 fully saturated rings. The summed E-state index contributed by atoms with van der Waals surface area (Å²) in [7, 11) is 0. The molecule has 0 saturated heterocycles. The molecule has 0 aliphatic heterocycles. The van der Waals surface area contributed by atoms with Gasteiger partial charge in [0.2, 0.25) is 5.95 Å². The summed E-state index contributed by atoms with van der Waals surface area (Å²) in [6.45, 7) is 0. The standard InChI is InChI=1S/C14H12N4/c15-14-16-13(17-18-14)12-9-5-4-8-11(12)10-6-2-1-3-7-10/h1-9H,(H3,15,16,17,18). The number of benzene rings is 2. The Morgan fingerprint density at radius 3 is 2.17 bits per heavy atom. The maximum absolute atomic E-state index is 5.55. The van der Waals surface area contributed by atoms with Crippen molar-refractivity contribution in [2.24, 2.45) is 0 Å². The van der Waals surface area contributed by atoms with Crippen LogP contribution in [0, 0.1) is 0 Å². The average Bonchev–Trinajstić information content (AvgIpc) is 2.86. The van der Waals surface area contributed by atoms with Crippen molar-refractivity contribution < 1.29 is 0 Å². The van der Waals surface area contributed by atoms with Crippen LogP contribution >= 0.6 is 0 Å². The van der Waals surface area contributed by atoms with E-state index in [1.54, 1.807) is 0 Å². The summed E-state index contributed by atoms with van der Waals surface area (Å²) in [5, 5.41) is 6.72. The van der Waals surface area contributed by atoms with Crippen LogP contribution in [0.2, 0.25) is 0 Å². The average molecular weight is 236 g/mol. The third-order valence-corrected chi connectivity index (χ3v) is 2.77. The molecule has 88 valence electrons. The van der Waals surface area contributed by atoms with E-state index in [-0.39, 0.29) is 5.95 Å². The molecule has 3 N–H and O–H groups in total. The van der Waals surface area contributed by atoms with E-state index in [1.165, 1.54) is 0 Å². The van der Waals surface area contributed by atoms with E-state index >= 15 is 0 Å². The molecule has 0 unspecified atom stereocenters. The van der Waals surface area contributed by atoms with E-state index in [1.807, 2.05) is 36.4 Å². The Bertz CT molecular complexity index is 658. The number of aromatic amines is 1. The molecule has 0 aliphatic carbocycles. The Kier molecular flexibility index (Phi) is 2.53. The third-order valence-electron chi connectivity index (χ3n) is 2.77. The fourth-order valence-electron chi connectivity index (χ4n) is 1.95. The molecule has 0 bridgehead atoms. The number of nitrogen functional groups attached to an aromatic ring is 1. The highest BCUT2D eigenvalue weighted by Crippen LogP contribution is 2.29. The van der Waals surface area contributed by atoms with E-state index in [0.717, 1.165) is 16.7 Å². The monoisotopic (exact) mass is 236 g/mol. The van der Waals surface area contributed by atoms with E-state index in [2.05, 4.69) is 33.4 Å². The molecule has 4 heteroatoms. The van der Waals surface area contributed by atoms with Gasteiger partial charge in [-0.3, -0.25) is 5.10 Å². The number of aromatic nitrogens is 3. The van der Waals surface area contributed by atoms with Crippen molar-refractivity contribution in [3.63, 3.8) is 0 Å². The van der Waals surface area contributed by atoms with Gasteiger partial charge in [0.15, 0.2) is 5.82 Å². The van der Waals surface area contributed by atoms with Gasteiger partial charge in [-0.2, -0.15) is 4.98 Å². The minimum atomic E-state index is 0.257. The van der Waals surface area contributed by atoms with Crippen molar-refractivity contribution in [2.75, 3.05) is 5.73 Å². The van der Waals surface area contributed by atoms with Crippen LogP contribution in [-0.2, 0) is 0 Å². The molecule has 1 heterocycles. The van der Waals surface area contributed by atoms with E-state index in [9.17, 15) is 0 Å². The maximum atomic E-state index is 5.55. The first kappa shape index (κ1) is 10.5. The second-order valence-corrected chi connectivity index (χ2v) is 3.95. The lowest BCUT2D eigenvalue weighted by Gasteiger charge is -2.06. The van der Waals surface area contributed by atoms with Crippen LogP contribution in [0.25, 0.3) is 22.5 Å². The Labute approximate surface area is 105 Å². The fraction of sp³-hybridized carbons (Fsp3) is 0. The van der Waals surface area contributed by atoms with Gasteiger partial charge >= 0.3 is 0 Å². The summed E-state index contributed by atoms with van der Waals surface area (Å²) in [4.78, 5) is 4.18. The summed E-state index contributed by atoms with van der Waals surface area (Å²) < 4.78 is 0. The minimum absolute atomic E-state index is 0.257. The van der Waals surface area contributed by atoms with Crippen LogP contribution in [0.15, 0.2) is 54.6 Å². The van der Waals surface area contributed by atoms with Crippen molar-refractivity contribution in [1.29, 1.82) is 0 Å². The van der Waals surface area contributed by atoms with Gasteiger partial charge in [-0.1, -0.05) is 54.6 Å². The molecule has 1 aromatic heterocycles. The second kappa shape index (κ2) is 4.33. The molecular formula is C14H12N4. The lowest BCUT2D eigenvalue weighted by Crippen LogP contribution is -1.87. The zero-order chi connectivity index (χ0) is 12.4. The van der Waals surface area contributed by atoms with Crippen molar-refractivity contribution in [2.45, 2.75) is 0 Å². The third kappa shape index (κ3) is 1.84. The first-order chi connectivity index (χ1) is 8.84. The van der Waals surface area contributed by atoms with Crippen molar-refractivity contribution >= 4 is 5.95 Å². The smallest absolute Gasteiger partial charge is 0.239 e. The first-order valence-electron chi connectivity index (χ1n) is 5.67. The summed E-state index contributed by atoms with van der Waals surface area (Å²) in [6.07, 6.45) is 0. The van der Waals surface area contributed by atoms with Crippen LogP contribution < -0.4 is 5.73 Å². The van der Waals surface area contributed by atoms with E-state index in [4.69, 9.17) is 5.73 Å². The Hall–Kier alpha value is -2.62. The normalized spacial score (nSPS) is 10.4. The molecule has 4 nitrogen and oxygen atoms in total. The number of hydrogen-bond donors (Lipinski definition) is 2. The molecule has 3 aromatic rings. The van der Waals surface area contributed by atoms with E-state index in [0.29, 0.717) is 5.82 Å². The number of rotatable bonds is 2. The summed E-state index contributed by atoms with van der Waals surface area (Å²) in [6, 6.07) is 18.2. The van der Waals surface area contributed by atoms with Crippen molar-refractivity contribution in [1.82, 2.24) is 15.2 Å². The topological polar surface area (TPSA) is 67.6 Å². The molecule has 0 radical (unpaired) electrons. The zero-order valence-corrected chi connectivity index (χ0v) is 9.67. The zero-order valence-electron chi connectivity index (χ0n) is 9.67. The Balaban J connectivity index is 2.17. The lowest BCUT2D eigenvalue weighted by molar-refractivity contribution is 1.10. The molecule has 0 atom stereocenters. The summed E-state index contributed by atoms with van der Waals surface area (Å²) >= 11 is 0. The number of nitrogens with one attached hydrogen (secondary N) is 1. The summed E-state index contributed by atoms with van der Waals surface area (Å²) in [5.74, 6) is 0.944. The number of anilines is 1. The number of hydrogen-bond acceptors (Lipinski definition) is 3. The predicted octanol–water partition coefficient (Wildman–Crippen LogP) is 2.72. The van der Waals surface area contributed by atoms with Gasteiger partial charge in [-0.15, -0.1) is 5.10 Å². The molecule has 2 aromatic carbocycles. The maximum Gasteiger partial charge on any atom is 0.239 e. The highest BCUT2D eigenvalue weighted by molar-refractivity contribution is 5.80. The van der Waals surface area contributed by atoms with Crippen LogP contribution in [0.4, 0.5) is 5.95 Å². The SMILES string of the molecule is Nc1n[nH]c(-c2ccccc2-c2ccccc2)n1. The fourth-order valence-corrected chi connectivity index (χ4v) is 1.95. The second-order valence-electron chi connectivity index (χ2n) is 3.95. The largest absolute Gasteiger partial charge is 0.366 e. The minimum Gasteiger partial charge on any atom is -0.366 e. The van der Waals surface area contributed by atoms with Gasteiger partial charge in [0.05, 0.1) is 0 Å². The summed E-state index contributed by atoms with van der Waals surface area (Å²) in [5.41, 5.74) is 8.79. The van der Waals surface area contributed by atoms with Gasteiger partial charge in [-0.05, 0) is 11.1 Å². The van der Waals surface area contributed by atoms with Crippen molar-refractivity contribution in [3.05, 3.63) is 54.6 Å². The highest BCUT2D eigenvalue weighted by Gasteiger charge is 2.09. The molecule has 0 spiro atoms. The van der Waals surface area contributed by atoms with Gasteiger partial charge in [0, 0.05) is 5.56 Å². The van der Waals surface area contributed by atoms with Crippen molar-refractivity contribution in [3.8, 4) is 22.5 Å². The number of H-pyrrole nitrogens is 1. The molecule has 0 amide bonds. The van der Waals surface area contributed by atoms with Crippen LogP contribution in [0.1, 0.15) is 0 Å².